The number of ketones is 2. The summed E-state index contributed by atoms with van der Waals surface area (Å²) < 4.78 is 23.2. The van der Waals surface area contributed by atoms with Crippen LogP contribution in [0, 0.1) is 80.8 Å². The van der Waals surface area contributed by atoms with E-state index in [9.17, 15) is 30.6 Å². The smallest absolute Gasteiger partial charge is 0.194 e. The minimum Gasteiger partial charge on any atom is -0.492 e. The van der Waals surface area contributed by atoms with Gasteiger partial charge in [0.1, 0.15) is 58.3 Å². The number of fused-ring (bicyclic) bond motifs is 7. The third-order valence-electron chi connectivity index (χ3n) is 29.0. The highest BCUT2D eigenvalue weighted by Crippen LogP contribution is 2.61. The van der Waals surface area contributed by atoms with Crippen LogP contribution in [0.5, 0.6) is 17.2 Å². The van der Waals surface area contributed by atoms with E-state index in [0.717, 1.165) is 124 Å². The number of benzene rings is 4. The molecular weight excluding hydrogens is 1740 g/mol. The van der Waals surface area contributed by atoms with Crippen LogP contribution in [0.4, 0.5) is 0 Å². The van der Waals surface area contributed by atoms with E-state index in [4.69, 9.17) is 14.2 Å². The van der Waals surface area contributed by atoms with E-state index in [1.807, 2.05) is 114 Å². The standard InChI is InChI=1S/C123H162N4O5S4/c1-11-15-19-23-27-31-33-37-41-45-61-93(59-43-39-35-29-25-21-17-13-3)87-130-110-79-101(67-53-69-103-115(99(83-124)84-125)105-75-95-63-47-49-65-97(95)77-107(105)117(103)128)133-120(110)113-81-109-119(135-113)122-112(132-123(109,73-71-91(9)57-51-55-89(5)6)74-72-92(10)58-52-56-90(7)8)82-114(136-122)121-111(131-88-94(60-44-40-36-30-26-22-18-14-4)62-46-42-38-34-32-28-24-20-16-12-2)80-102(134-121)68-54-70-104-116(100(85-126)86-127)106-76-96-64-48-50-66-98(96)78-108(106)118(104)129/h47-50,53-54,63-70,75-82,89-94H,11-46,51-52,55-62,71-74,87-88H2,1-10H3/b67-53+,68-54+,103-69-,104-70-. The fourth-order valence-corrected chi connectivity index (χ4v) is 25.4. The average molecular weight is 1900 g/mol. The predicted octanol–water partition coefficient (Wildman–Crippen LogP) is 39.3. The van der Waals surface area contributed by atoms with Gasteiger partial charge in [-0.05, 0) is 174 Å². The van der Waals surface area contributed by atoms with Crippen molar-refractivity contribution in [2.24, 2.45) is 35.5 Å². The first-order chi connectivity index (χ1) is 66.4. The predicted molar refractivity (Wildman–Crippen MR) is 583 cm³/mol. The SMILES string of the molecule is CCCCCCCCCCCCC(CCCCCCCCCC)COc1cc(/C=C/C=C2\C(=O)c3cc4ccccc4cc3C2=C(C#N)C#N)sc1-c1cc2c(s1)-c1sc(-c3sc(/C=C/C=C4\C(=O)c5cc6ccccc6cc5C4=C(C#N)C#N)cc3OCC(CCCCCCCCCC)CCCCCCCCCCCC)cc1C(CCC(C)CCCC(C)C)(CCC(C)CCCC(C)C)O2. The molecule has 0 fully saturated rings. The van der Waals surface area contributed by atoms with Crippen LogP contribution in [0.2, 0.25) is 0 Å². The van der Waals surface area contributed by atoms with Gasteiger partial charge < -0.3 is 14.2 Å². The maximum Gasteiger partial charge on any atom is 0.194 e. The first kappa shape index (κ1) is 108. The number of hydrogen-bond acceptors (Lipinski definition) is 13. The summed E-state index contributed by atoms with van der Waals surface area (Å²) >= 11 is 7.13. The second kappa shape index (κ2) is 58.4. The van der Waals surface area contributed by atoms with Crippen LogP contribution in [0.15, 0.2) is 144 Å². The summed E-state index contributed by atoms with van der Waals surface area (Å²) in [6.07, 6.45) is 73.6. The minimum absolute atomic E-state index is 0.0834. The summed E-state index contributed by atoms with van der Waals surface area (Å²) in [5.74, 6) is 5.26. The fraction of sp³-hybridized carbons (Fsp3) is 0.561. The Kier molecular flexibility index (Phi) is 46.3. The lowest BCUT2D eigenvalue weighted by molar-refractivity contribution is 0.0324. The Labute approximate surface area is 836 Å². The second-order valence-electron chi connectivity index (χ2n) is 41.2. The van der Waals surface area contributed by atoms with Gasteiger partial charge in [0.05, 0.1) is 37.6 Å². The molecule has 9 nitrogen and oxygen atoms in total. The van der Waals surface area contributed by atoms with Gasteiger partial charge >= 0.3 is 0 Å². The zero-order valence-electron chi connectivity index (χ0n) is 84.9. The summed E-state index contributed by atoms with van der Waals surface area (Å²) in [5, 5.41) is 45.9. The van der Waals surface area contributed by atoms with E-state index in [2.05, 4.69) is 130 Å². The van der Waals surface area contributed by atoms with Crippen LogP contribution >= 0.6 is 45.3 Å². The molecule has 1 aliphatic heterocycles. The zero-order chi connectivity index (χ0) is 96.2. The van der Waals surface area contributed by atoms with Crippen LogP contribution < -0.4 is 14.2 Å². The van der Waals surface area contributed by atoms with Crippen molar-refractivity contribution in [3.05, 3.63) is 181 Å². The molecule has 4 unspecified atom stereocenters. The second-order valence-corrected chi connectivity index (χ2v) is 45.4. The van der Waals surface area contributed by atoms with E-state index >= 15 is 0 Å². The van der Waals surface area contributed by atoms with Gasteiger partial charge in [-0.2, -0.15) is 21.0 Å². The van der Waals surface area contributed by atoms with E-state index < -0.39 is 5.60 Å². The third-order valence-corrected chi connectivity index (χ3v) is 33.9. The molecule has 13 heteroatoms. The Bertz CT molecular complexity index is 5420. The topological polar surface area (TPSA) is 157 Å². The number of nitriles is 4. The van der Waals surface area contributed by atoms with Gasteiger partial charge in [0.15, 0.2) is 11.6 Å². The molecule has 0 saturated heterocycles. The van der Waals surface area contributed by atoms with E-state index in [-0.39, 0.29) is 22.7 Å². The zero-order valence-corrected chi connectivity index (χ0v) is 88.2. The van der Waals surface area contributed by atoms with Gasteiger partial charge in [-0.3, -0.25) is 9.59 Å². The van der Waals surface area contributed by atoms with E-state index in [0.29, 0.717) is 93.3 Å². The number of thiophene rings is 4. The molecule has 0 bridgehead atoms. The number of ether oxygens (including phenoxy) is 3. The molecule has 2 aliphatic carbocycles. The van der Waals surface area contributed by atoms with Crippen molar-refractivity contribution >= 4 is 102 Å². The normalized spacial score (nSPS) is 15.5. The Morgan fingerprint density at radius 3 is 1.02 bits per heavy atom. The van der Waals surface area contributed by atoms with E-state index in [1.165, 1.54) is 280 Å². The highest BCUT2D eigenvalue weighted by molar-refractivity contribution is 7.29. The molecule has 5 heterocycles. The molecule has 4 atom stereocenters. The molecule has 3 aliphatic rings. The van der Waals surface area contributed by atoms with Crippen molar-refractivity contribution in [3.8, 4) is 70.8 Å². The maximum absolute atomic E-state index is 14.8. The summed E-state index contributed by atoms with van der Waals surface area (Å²) in [5.41, 5.74) is 4.06. The Morgan fingerprint density at radius 1 is 0.360 bits per heavy atom. The number of allylic oxidation sites excluding steroid dienone is 10. The van der Waals surface area contributed by atoms with Crippen LogP contribution in [0.3, 0.4) is 0 Å². The summed E-state index contributed by atoms with van der Waals surface area (Å²) in [7, 11) is 0. The molecule has 0 saturated carbocycles. The lowest BCUT2D eigenvalue weighted by Crippen LogP contribution is -2.36. The number of Topliss-reactive ketones (excluding diaryl/α,β-unsaturated/α-hetero) is 2. The minimum atomic E-state index is -0.659. The van der Waals surface area contributed by atoms with Crippen LogP contribution in [0.1, 0.15) is 437 Å². The highest BCUT2D eigenvalue weighted by Gasteiger charge is 2.45. The van der Waals surface area contributed by atoms with Crippen molar-refractivity contribution in [3.63, 3.8) is 0 Å². The number of nitrogens with zero attached hydrogens (tertiary/aromatic N) is 4. The summed E-state index contributed by atoms with van der Waals surface area (Å²) in [6, 6.07) is 41.5. The summed E-state index contributed by atoms with van der Waals surface area (Å²) in [6.45, 7) is 24.8. The number of carbonyl (C=O) groups is 2. The van der Waals surface area contributed by atoms with Crippen LogP contribution in [-0.4, -0.2) is 24.8 Å². The van der Waals surface area contributed by atoms with Crippen molar-refractivity contribution < 1.29 is 23.8 Å². The molecule has 136 heavy (non-hydrogen) atoms. The molecule has 11 rings (SSSR count). The van der Waals surface area contributed by atoms with E-state index in [1.54, 1.807) is 28.7 Å². The first-order valence-electron chi connectivity index (χ1n) is 54.0. The van der Waals surface area contributed by atoms with Gasteiger partial charge in [-0.25, -0.2) is 0 Å². The van der Waals surface area contributed by atoms with Gasteiger partial charge in [-0.1, -0.05) is 412 Å². The quantitative estimate of drug-likeness (QED) is 0.0206. The Morgan fingerprint density at radius 2 is 0.684 bits per heavy atom. The van der Waals surface area contributed by atoms with Crippen molar-refractivity contribution in [2.75, 3.05) is 13.2 Å². The van der Waals surface area contributed by atoms with Crippen LogP contribution in [0.25, 0.3) is 74.1 Å². The molecule has 4 aromatic carbocycles. The molecule has 0 amide bonds. The Balaban J connectivity index is 1.03. The average Bonchev–Trinajstić information content (AvgIpc) is 1.56. The lowest BCUT2D eigenvalue weighted by Gasteiger charge is -2.39. The molecule has 0 spiro atoms. The molecule has 4 aromatic heterocycles. The summed E-state index contributed by atoms with van der Waals surface area (Å²) in [4.78, 5) is 38.2. The molecular formula is C123H162N4O5S4. The molecule has 728 valence electrons. The van der Waals surface area contributed by atoms with Gasteiger partial charge in [0.25, 0.3) is 0 Å². The van der Waals surface area contributed by atoms with Gasteiger partial charge in [-0.15, -0.1) is 45.3 Å². The molecule has 8 aromatic rings. The van der Waals surface area contributed by atoms with Gasteiger partial charge in [0, 0.05) is 59.7 Å². The van der Waals surface area contributed by atoms with Crippen molar-refractivity contribution in [1.29, 1.82) is 21.0 Å². The van der Waals surface area contributed by atoms with Crippen molar-refractivity contribution in [2.45, 2.75) is 396 Å². The lowest BCUT2D eigenvalue weighted by atomic mass is 9.78. The Hall–Kier alpha value is -8.66. The van der Waals surface area contributed by atoms with Gasteiger partial charge in [0.2, 0.25) is 0 Å². The number of hydrogen-bond donors (Lipinski definition) is 0. The van der Waals surface area contributed by atoms with Crippen molar-refractivity contribution in [1.82, 2.24) is 0 Å². The molecule has 0 radical (unpaired) electrons. The number of carbonyl (C=O) groups excluding carboxylic acids is 2. The largest absolute Gasteiger partial charge is 0.492 e. The highest BCUT2D eigenvalue weighted by atomic mass is 32.1. The monoisotopic (exact) mass is 1900 g/mol. The molecule has 0 N–H and O–H groups in total. The van der Waals surface area contributed by atoms with Crippen LogP contribution in [-0.2, 0) is 5.60 Å². The third kappa shape index (κ3) is 31.9. The number of rotatable bonds is 66. The maximum atomic E-state index is 14.8. The first-order valence-corrected chi connectivity index (χ1v) is 57.3. The fourth-order valence-electron chi connectivity index (χ4n) is 20.7. The number of unbranched alkanes of at least 4 members (excludes halogenated alkanes) is 32.